The van der Waals surface area contributed by atoms with Crippen molar-refractivity contribution in [3.8, 4) is 0 Å². The molecule has 1 aliphatic heterocycles. The van der Waals surface area contributed by atoms with Gasteiger partial charge in [-0.05, 0) is 17.7 Å². The van der Waals surface area contributed by atoms with E-state index >= 15 is 0 Å². The monoisotopic (exact) mass is 377 g/mol. The Kier molecular flexibility index (Phi) is 5.50. The first-order valence-corrected chi connectivity index (χ1v) is 9.56. The molecule has 0 atom stereocenters. The minimum Gasteiger partial charge on any atom is -0.379 e. The summed E-state index contributed by atoms with van der Waals surface area (Å²) < 4.78 is 31.8. The molecule has 0 unspecified atom stereocenters. The summed E-state index contributed by atoms with van der Waals surface area (Å²) in [6.07, 6.45) is 0. The summed E-state index contributed by atoms with van der Waals surface area (Å²) >= 11 is 0. The molecule has 3 rings (SSSR count). The van der Waals surface area contributed by atoms with Gasteiger partial charge in [0.25, 0.3) is 5.69 Å². The molecule has 1 N–H and O–H groups in total. The highest BCUT2D eigenvalue weighted by Crippen LogP contribution is 2.29. The number of nitro benzene ring substituents is 1. The van der Waals surface area contributed by atoms with E-state index in [1.165, 1.54) is 16.4 Å². The fraction of sp³-hybridized carbons (Fsp3) is 0.294. The molecule has 0 saturated carbocycles. The number of nitro groups is 1. The number of nitrogens with zero attached hydrogens (tertiary/aromatic N) is 2. The number of ether oxygens (including phenoxy) is 1. The van der Waals surface area contributed by atoms with E-state index in [-0.39, 0.29) is 29.4 Å². The molecule has 138 valence electrons. The van der Waals surface area contributed by atoms with Crippen molar-refractivity contribution in [2.24, 2.45) is 0 Å². The highest BCUT2D eigenvalue weighted by Gasteiger charge is 2.28. The van der Waals surface area contributed by atoms with Gasteiger partial charge in [0.05, 0.1) is 23.0 Å². The first-order chi connectivity index (χ1) is 12.5. The molecule has 0 spiro atoms. The number of sulfonamides is 1. The normalized spacial score (nSPS) is 15.5. The second kappa shape index (κ2) is 7.81. The minimum absolute atomic E-state index is 0.0867. The Labute approximate surface area is 151 Å². The van der Waals surface area contributed by atoms with E-state index in [0.29, 0.717) is 19.8 Å². The van der Waals surface area contributed by atoms with Crippen molar-refractivity contribution >= 4 is 21.4 Å². The van der Waals surface area contributed by atoms with Gasteiger partial charge in [-0.2, -0.15) is 4.31 Å². The molecule has 0 aromatic heterocycles. The standard InChI is InChI=1S/C17H19N3O5S/c21-20(22)17-12-15(26(23,24)19-8-10-25-11-9-19)6-7-16(17)18-13-14-4-2-1-3-5-14/h1-7,12,18H,8-11,13H2. The Balaban J connectivity index is 1.85. The van der Waals surface area contributed by atoms with E-state index in [1.54, 1.807) is 0 Å². The maximum absolute atomic E-state index is 12.7. The molecule has 2 aromatic carbocycles. The van der Waals surface area contributed by atoms with Gasteiger partial charge >= 0.3 is 0 Å². The minimum atomic E-state index is -3.78. The predicted octanol–water partition coefficient (Wildman–Crippen LogP) is 2.23. The van der Waals surface area contributed by atoms with Gasteiger partial charge < -0.3 is 10.1 Å². The number of anilines is 1. The lowest BCUT2D eigenvalue weighted by Gasteiger charge is -2.26. The van der Waals surface area contributed by atoms with Crippen LogP contribution in [-0.4, -0.2) is 43.9 Å². The van der Waals surface area contributed by atoms with Crippen molar-refractivity contribution in [3.05, 3.63) is 64.2 Å². The van der Waals surface area contributed by atoms with Crippen LogP contribution < -0.4 is 5.32 Å². The molecule has 1 fully saturated rings. The summed E-state index contributed by atoms with van der Waals surface area (Å²) in [7, 11) is -3.78. The fourth-order valence-corrected chi connectivity index (χ4v) is 4.13. The van der Waals surface area contributed by atoms with E-state index in [2.05, 4.69) is 5.32 Å². The number of benzene rings is 2. The van der Waals surface area contributed by atoms with E-state index < -0.39 is 14.9 Å². The summed E-state index contributed by atoms with van der Waals surface area (Å²) in [4.78, 5) is 10.8. The first-order valence-electron chi connectivity index (χ1n) is 8.12. The van der Waals surface area contributed by atoms with E-state index in [4.69, 9.17) is 4.74 Å². The van der Waals surface area contributed by atoms with Gasteiger partial charge in [0.15, 0.2) is 0 Å². The zero-order chi connectivity index (χ0) is 18.6. The Hall–Kier alpha value is -2.49. The van der Waals surface area contributed by atoms with Crippen LogP contribution in [0.5, 0.6) is 0 Å². The first kappa shape index (κ1) is 18.3. The molecule has 1 aliphatic rings. The van der Waals surface area contributed by atoms with E-state index in [1.807, 2.05) is 30.3 Å². The molecule has 1 saturated heterocycles. The van der Waals surface area contributed by atoms with Gasteiger partial charge in [0, 0.05) is 25.7 Å². The number of hydrogen-bond donors (Lipinski definition) is 1. The number of hydrogen-bond acceptors (Lipinski definition) is 6. The van der Waals surface area contributed by atoms with Crippen LogP contribution in [0.1, 0.15) is 5.56 Å². The quantitative estimate of drug-likeness (QED) is 0.612. The third-order valence-electron chi connectivity index (χ3n) is 4.10. The molecule has 8 nitrogen and oxygen atoms in total. The van der Waals surface area contributed by atoms with Crippen LogP contribution in [-0.2, 0) is 21.3 Å². The molecule has 0 bridgehead atoms. The van der Waals surface area contributed by atoms with Crippen molar-refractivity contribution in [2.45, 2.75) is 11.4 Å². The number of nitrogens with one attached hydrogen (secondary N) is 1. The molecule has 9 heteroatoms. The predicted molar refractivity (Wildman–Crippen MR) is 96.4 cm³/mol. The maximum Gasteiger partial charge on any atom is 0.293 e. The van der Waals surface area contributed by atoms with Crippen LogP contribution in [0.3, 0.4) is 0 Å². The number of rotatable bonds is 6. The summed E-state index contributed by atoms with van der Waals surface area (Å²) in [5.74, 6) is 0. The molecular weight excluding hydrogens is 358 g/mol. The summed E-state index contributed by atoms with van der Waals surface area (Å²) in [6, 6.07) is 13.4. The third-order valence-corrected chi connectivity index (χ3v) is 5.99. The van der Waals surface area contributed by atoms with Crippen molar-refractivity contribution in [1.82, 2.24) is 4.31 Å². The van der Waals surface area contributed by atoms with Crippen LogP contribution in [0.25, 0.3) is 0 Å². The third kappa shape index (κ3) is 4.01. The Bertz CT molecular complexity index is 881. The van der Waals surface area contributed by atoms with E-state index in [0.717, 1.165) is 11.6 Å². The Morgan fingerprint density at radius 1 is 1.12 bits per heavy atom. The summed E-state index contributed by atoms with van der Waals surface area (Å²) in [6.45, 7) is 1.52. The summed E-state index contributed by atoms with van der Waals surface area (Å²) in [5.41, 5.74) is 0.974. The van der Waals surface area contributed by atoms with Crippen LogP contribution in [0.4, 0.5) is 11.4 Å². The lowest BCUT2D eigenvalue weighted by atomic mass is 10.2. The highest BCUT2D eigenvalue weighted by molar-refractivity contribution is 7.89. The topological polar surface area (TPSA) is 102 Å². The lowest BCUT2D eigenvalue weighted by Crippen LogP contribution is -2.40. The second-order valence-corrected chi connectivity index (χ2v) is 7.73. The average molecular weight is 377 g/mol. The molecule has 2 aromatic rings. The molecule has 1 heterocycles. The van der Waals surface area contributed by atoms with Gasteiger partial charge in [-0.15, -0.1) is 0 Å². The average Bonchev–Trinajstić information content (AvgIpc) is 2.67. The van der Waals surface area contributed by atoms with Gasteiger partial charge in [-0.25, -0.2) is 8.42 Å². The van der Waals surface area contributed by atoms with Crippen LogP contribution in [0.2, 0.25) is 0 Å². The Morgan fingerprint density at radius 2 is 1.81 bits per heavy atom. The smallest absolute Gasteiger partial charge is 0.293 e. The molecule has 0 amide bonds. The van der Waals surface area contributed by atoms with Crippen molar-refractivity contribution in [2.75, 3.05) is 31.6 Å². The van der Waals surface area contributed by atoms with Gasteiger partial charge in [0.2, 0.25) is 10.0 Å². The van der Waals surface area contributed by atoms with Crippen LogP contribution in [0, 0.1) is 10.1 Å². The number of morpholine rings is 1. The van der Waals surface area contributed by atoms with Crippen LogP contribution in [0.15, 0.2) is 53.4 Å². The molecule has 0 radical (unpaired) electrons. The van der Waals surface area contributed by atoms with Gasteiger partial charge in [-0.3, -0.25) is 10.1 Å². The van der Waals surface area contributed by atoms with Crippen molar-refractivity contribution in [3.63, 3.8) is 0 Å². The zero-order valence-electron chi connectivity index (χ0n) is 14.0. The maximum atomic E-state index is 12.7. The van der Waals surface area contributed by atoms with Gasteiger partial charge in [0.1, 0.15) is 5.69 Å². The molecule has 26 heavy (non-hydrogen) atoms. The second-order valence-electron chi connectivity index (χ2n) is 5.79. The molecular formula is C17H19N3O5S. The summed E-state index contributed by atoms with van der Waals surface area (Å²) in [5, 5.41) is 14.4. The SMILES string of the molecule is O=[N+]([O-])c1cc(S(=O)(=O)N2CCOCC2)ccc1NCc1ccccc1. The largest absolute Gasteiger partial charge is 0.379 e. The molecule has 0 aliphatic carbocycles. The highest BCUT2D eigenvalue weighted by atomic mass is 32.2. The Morgan fingerprint density at radius 3 is 2.46 bits per heavy atom. The van der Waals surface area contributed by atoms with Crippen molar-refractivity contribution in [1.29, 1.82) is 0 Å². The van der Waals surface area contributed by atoms with Crippen molar-refractivity contribution < 1.29 is 18.1 Å². The van der Waals surface area contributed by atoms with E-state index in [9.17, 15) is 18.5 Å². The van der Waals surface area contributed by atoms with Crippen LogP contribution >= 0.6 is 0 Å². The zero-order valence-corrected chi connectivity index (χ0v) is 14.8. The van der Waals surface area contributed by atoms with Gasteiger partial charge in [-0.1, -0.05) is 30.3 Å². The fourth-order valence-electron chi connectivity index (χ4n) is 2.70. The lowest BCUT2D eigenvalue weighted by molar-refractivity contribution is -0.384.